The molecule has 1 aromatic carbocycles. The van der Waals surface area contributed by atoms with Crippen LogP contribution in [0.5, 0.6) is 5.75 Å². The number of benzene rings is 1. The van der Waals surface area contributed by atoms with Gasteiger partial charge in [0.25, 0.3) is 5.69 Å². The third-order valence-electron chi connectivity index (χ3n) is 1.38. The molecule has 0 radical (unpaired) electrons. The van der Waals surface area contributed by atoms with Crippen molar-refractivity contribution in [3.63, 3.8) is 0 Å². The van der Waals surface area contributed by atoms with Crippen LogP contribution >= 0.6 is 11.8 Å². The number of alkyl halides is 3. The van der Waals surface area contributed by atoms with Gasteiger partial charge in [-0.15, -0.1) is 0 Å². The van der Waals surface area contributed by atoms with Gasteiger partial charge in [-0.05, 0) is 17.8 Å². The molecule has 0 fully saturated rings. The van der Waals surface area contributed by atoms with E-state index in [9.17, 15) is 23.3 Å². The van der Waals surface area contributed by atoms with Gasteiger partial charge in [0.05, 0.1) is 9.82 Å². The Morgan fingerprint density at radius 1 is 1.40 bits per heavy atom. The lowest BCUT2D eigenvalue weighted by atomic mass is 10.3. The summed E-state index contributed by atoms with van der Waals surface area (Å²) in [5, 5.41) is 19.3. The van der Waals surface area contributed by atoms with Crippen LogP contribution in [0.15, 0.2) is 23.1 Å². The number of phenolic OH excluding ortho intramolecular Hbond substituents is 1. The number of aromatic hydroxyl groups is 1. The number of rotatable bonds is 2. The molecule has 0 amide bonds. The largest absolute Gasteiger partial charge is 0.507 e. The second-order valence-electron chi connectivity index (χ2n) is 2.46. The van der Waals surface area contributed by atoms with Crippen molar-refractivity contribution in [1.82, 2.24) is 0 Å². The zero-order chi connectivity index (χ0) is 11.6. The lowest BCUT2D eigenvalue weighted by Gasteiger charge is -2.06. The number of nitro benzene ring substituents is 1. The molecule has 8 heteroatoms. The smallest absolute Gasteiger partial charge is 0.446 e. The number of nitrogens with zero attached hydrogens (tertiary/aromatic N) is 1. The third-order valence-corrected chi connectivity index (χ3v) is 2.16. The first-order chi connectivity index (χ1) is 6.79. The minimum atomic E-state index is -4.59. The Kier molecular flexibility index (Phi) is 3.08. The van der Waals surface area contributed by atoms with Gasteiger partial charge in [0.15, 0.2) is 0 Å². The van der Waals surface area contributed by atoms with E-state index >= 15 is 0 Å². The predicted molar refractivity (Wildman–Crippen MR) is 46.7 cm³/mol. The SMILES string of the molecule is O=[N+]([O-])c1ccc(O)c(SC(F)(F)F)c1. The van der Waals surface area contributed by atoms with Crippen LogP contribution in [0.2, 0.25) is 0 Å². The Morgan fingerprint density at radius 2 is 2.00 bits per heavy atom. The highest BCUT2D eigenvalue weighted by Crippen LogP contribution is 2.42. The number of thioether (sulfide) groups is 1. The van der Waals surface area contributed by atoms with Crippen molar-refractivity contribution in [1.29, 1.82) is 0 Å². The molecule has 1 N–H and O–H groups in total. The maximum Gasteiger partial charge on any atom is 0.446 e. The lowest BCUT2D eigenvalue weighted by Crippen LogP contribution is -1.99. The molecule has 0 aliphatic heterocycles. The second kappa shape index (κ2) is 3.97. The molecular weight excluding hydrogens is 235 g/mol. The average Bonchev–Trinajstić information content (AvgIpc) is 2.06. The van der Waals surface area contributed by atoms with Gasteiger partial charge in [-0.2, -0.15) is 13.2 Å². The van der Waals surface area contributed by atoms with Gasteiger partial charge in [-0.3, -0.25) is 10.1 Å². The first-order valence-electron chi connectivity index (χ1n) is 3.53. The Hall–Kier alpha value is -1.44. The summed E-state index contributed by atoms with van der Waals surface area (Å²) in [7, 11) is 0. The highest BCUT2D eigenvalue weighted by atomic mass is 32.2. The number of phenols is 1. The third kappa shape index (κ3) is 3.31. The molecule has 4 nitrogen and oxygen atoms in total. The molecule has 0 aliphatic carbocycles. The molecule has 0 saturated heterocycles. The molecule has 0 saturated carbocycles. The molecule has 0 bridgehead atoms. The topological polar surface area (TPSA) is 63.4 Å². The van der Waals surface area contributed by atoms with E-state index < -0.39 is 38.5 Å². The Bertz CT molecular complexity index is 394. The van der Waals surface area contributed by atoms with Crippen LogP contribution in [0.3, 0.4) is 0 Å². The fraction of sp³-hybridized carbons (Fsp3) is 0.143. The van der Waals surface area contributed by atoms with Crippen LogP contribution in [-0.2, 0) is 0 Å². The number of hydrogen-bond donors (Lipinski definition) is 1. The molecule has 82 valence electrons. The van der Waals surface area contributed by atoms with Crippen molar-refractivity contribution in [3.05, 3.63) is 28.3 Å². The molecule has 0 unspecified atom stereocenters. The fourth-order valence-corrected chi connectivity index (χ4v) is 1.42. The summed E-state index contributed by atoms with van der Waals surface area (Å²) < 4.78 is 35.8. The van der Waals surface area contributed by atoms with Crippen molar-refractivity contribution < 1.29 is 23.2 Å². The monoisotopic (exact) mass is 239 g/mol. The highest BCUT2D eigenvalue weighted by molar-refractivity contribution is 8.00. The number of nitro groups is 1. The lowest BCUT2D eigenvalue weighted by molar-refractivity contribution is -0.385. The van der Waals surface area contributed by atoms with Crippen molar-refractivity contribution in [2.24, 2.45) is 0 Å². The normalized spacial score (nSPS) is 11.4. The number of halogens is 3. The Balaban J connectivity index is 3.06. The maximum atomic E-state index is 11.9. The summed E-state index contributed by atoms with van der Waals surface area (Å²) in [6, 6.07) is 2.45. The van der Waals surface area contributed by atoms with E-state index in [0.29, 0.717) is 6.07 Å². The predicted octanol–water partition coefficient (Wildman–Crippen LogP) is 2.91. The van der Waals surface area contributed by atoms with Crippen LogP contribution in [-0.4, -0.2) is 15.5 Å². The molecular formula is C7H4F3NO3S. The molecule has 1 aromatic rings. The Labute approximate surface area is 85.9 Å². The van der Waals surface area contributed by atoms with Gasteiger partial charge < -0.3 is 5.11 Å². The first-order valence-corrected chi connectivity index (χ1v) is 4.34. The molecule has 0 aliphatic rings. The van der Waals surface area contributed by atoms with E-state index in [1.165, 1.54) is 0 Å². The fourth-order valence-electron chi connectivity index (χ4n) is 0.823. The van der Waals surface area contributed by atoms with E-state index in [0.717, 1.165) is 12.1 Å². The van der Waals surface area contributed by atoms with Crippen LogP contribution in [0, 0.1) is 10.1 Å². The Morgan fingerprint density at radius 3 is 2.47 bits per heavy atom. The molecule has 0 heterocycles. The van der Waals surface area contributed by atoms with E-state index in [-0.39, 0.29) is 0 Å². The van der Waals surface area contributed by atoms with E-state index in [2.05, 4.69) is 0 Å². The van der Waals surface area contributed by atoms with Crippen molar-refractivity contribution in [3.8, 4) is 5.75 Å². The van der Waals surface area contributed by atoms with Crippen molar-refractivity contribution >= 4 is 17.4 Å². The molecule has 0 aromatic heterocycles. The van der Waals surface area contributed by atoms with Crippen LogP contribution in [0.4, 0.5) is 18.9 Å². The van der Waals surface area contributed by atoms with Crippen LogP contribution in [0.25, 0.3) is 0 Å². The molecule has 0 atom stereocenters. The minimum absolute atomic E-state index is 0.500. The van der Waals surface area contributed by atoms with E-state index in [1.54, 1.807) is 0 Å². The first kappa shape index (κ1) is 11.6. The number of non-ortho nitro benzene ring substituents is 1. The van der Waals surface area contributed by atoms with Crippen molar-refractivity contribution in [2.45, 2.75) is 10.4 Å². The van der Waals surface area contributed by atoms with Gasteiger partial charge in [0.1, 0.15) is 5.75 Å². The van der Waals surface area contributed by atoms with Crippen LogP contribution in [0.1, 0.15) is 0 Å². The summed E-state index contributed by atoms with van der Waals surface area (Å²) in [5.41, 5.74) is -5.09. The quantitative estimate of drug-likeness (QED) is 0.489. The zero-order valence-corrected chi connectivity index (χ0v) is 7.80. The minimum Gasteiger partial charge on any atom is -0.507 e. The van der Waals surface area contributed by atoms with E-state index in [4.69, 9.17) is 5.11 Å². The van der Waals surface area contributed by atoms with Crippen molar-refractivity contribution in [2.75, 3.05) is 0 Å². The van der Waals surface area contributed by atoms with Gasteiger partial charge >= 0.3 is 5.51 Å². The summed E-state index contributed by atoms with van der Waals surface area (Å²) in [6.07, 6.45) is 0. The average molecular weight is 239 g/mol. The van der Waals surface area contributed by atoms with Gasteiger partial charge in [0.2, 0.25) is 0 Å². The maximum absolute atomic E-state index is 11.9. The second-order valence-corrected chi connectivity index (χ2v) is 3.56. The van der Waals surface area contributed by atoms with Gasteiger partial charge in [-0.25, -0.2) is 0 Å². The summed E-state index contributed by atoms with van der Waals surface area (Å²) in [5.74, 6) is -0.636. The molecule has 0 spiro atoms. The highest BCUT2D eigenvalue weighted by Gasteiger charge is 2.31. The summed E-state index contributed by atoms with van der Waals surface area (Å²) in [6.45, 7) is 0. The van der Waals surface area contributed by atoms with E-state index in [1.807, 2.05) is 0 Å². The molecule has 15 heavy (non-hydrogen) atoms. The summed E-state index contributed by atoms with van der Waals surface area (Å²) >= 11 is -0.596. The van der Waals surface area contributed by atoms with Crippen LogP contribution < -0.4 is 0 Å². The van der Waals surface area contributed by atoms with Gasteiger partial charge in [-0.1, -0.05) is 0 Å². The number of hydrogen-bond acceptors (Lipinski definition) is 4. The standard InChI is InChI=1S/C7H4F3NO3S/c8-7(9,10)15-6-3-4(11(13)14)1-2-5(6)12/h1-3,12H. The molecule has 1 rings (SSSR count). The summed E-state index contributed by atoms with van der Waals surface area (Å²) in [4.78, 5) is 8.84. The zero-order valence-electron chi connectivity index (χ0n) is 6.99. The van der Waals surface area contributed by atoms with Gasteiger partial charge in [0, 0.05) is 12.1 Å².